The van der Waals surface area contributed by atoms with E-state index in [2.05, 4.69) is 5.32 Å². The number of nitrogens with one attached hydrogen (secondary N) is 1. The van der Waals surface area contributed by atoms with E-state index in [1.807, 2.05) is 6.07 Å². The van der Waals surface area contributed by atoms with Crippen molar-refractivity contribution >= 4 is 11.4 Å². The van der Waals surface area contributed by atoms with Crippen molar-refractivity contribution in [3.63, 3.8) is 0 Å². The molecule has 1 N–H and O–H groups in total. The van der Waals surface area contributed by atoms with E-state index >= 15 is 0 Å². The first-order chi connectivity index (χ1) is 9.65. The molecule has 1 aromatic heterocycles. The molecule has 0 fully saturated rings. The molecule has 104 valence electrons. The van der Waals surface area contributed by atoms with Crippen LogP contribution in [0.3, 0.4) is 0 Å². The van der Waals surface area contributed by atoms with E-state index in [9.17, 15) is 14.5 Å². The zero-order chi connectivity index (χ0) is 14.1. The molecule has 3 rings (SSSR count). The number of hydrogen-bond acceptors (Lipinski definition) is 4. The summed E-state index contributed by atoms with van der Waals surface area (Å²) in [6.07, 6.45) is 4.25. The zero-order valence-electron chi connectivity index (χ0n) is 10.6. The third-order valence-electron chi connectivity index (χ3n) is 3.54. The minimum Gasteiger partial charge on any atom is -0.469 e. The summed E-state index contributed by atoms with van der Waals surface area (Å²) < 4.78 is 18.7. The molecule has 2 aromatic rings. The first kappa shape index (κ1) is 12.7. The molecular weight excluding hydrogens is 263 g/mol. The molecule has 20 heavy (non-hydrogen) atoms. The highest BCUT2D eigenvalue weighted by molar-refractivity contribution is 5.62. The molecule has 1 atom stereocenters. The molecular formula is C14H13FN2O3. The van der Waals surface area contributed by atoms with Crippen LogP contribution in [0.2, 0.25) is 0 Å². The lowest BCUT2D eigenvalue weighted by Crippen LogP contribution is -2.16. The van der Waals surface area contributed by atoms with Gasteiger partial charge >= 0.3 is 0 Å². The Morgan fingerprint density at radius 2 is 2.25 bits per heavy atom. The van der Waals surface area contributed by atoms with E-state index in [1.165, 1.54) is 6.07 Å². The number of furan rings is 1. The Balaban J connectivity index is 1.93. The van der Waals surface area contributed by atoms with Crippen molar-refractivity contribution in [2.45, 2.75) is 25.3 Å². The Morgan fingerprint density at radius 1 is 1.40 bits per heavy atom. The lowest BCUT2D eigenvalue weighted by atomic mass is 9.93. The van der Waals surface area contributed by atoms with Crippen molar-refractivity contribution in [3.05, 3.63) is 57.8 Å². The van der Waals surface area contributed by atoms with E-state index in [0.717, 1.165) is 42.7 Å². The predicted octanol–water partition coefficient (Wildman–Crippen LogP) is 3.82. The molecule has 0 spiro atoms. The van der Waals surface area contributed by atoms with Gasteiger partial charge in [0.05, 0.1) is 17.2 Å². The second-order valence-electron chi connectivity index (χ2n) is 4.81. The molecule has 0 radical (unpaired) electrons. The third kappa shape index (κ3) is 2.24. The summed E-state index contributed by atoms with van der Waals surface area (Å²) >= 11 is 0. The van der Waals surface area contributed by atoms with Gasteiger partial charge in [-0.2, -0.15) is 0 Å². The summed E-state index contributed by atoms with van der Waals surface area (Å²) in [4.78, 5) is 10.5. The lowest BCUT2D eigenvalue weighted by molar-refractivity contribution is -0.384. The van der Waals surface area contributed by atoms with Gasteiger partial charge in [-0.05, 0) is 25.0 Å². The molecule has 6 heteroatoms. The van der Waals surface area contributed by atoms with Crippen LogP contribution in [0.4, 0.5) is 15.8 Å². The Bertz CT molecular complexity index is 654. The number of nitro benzene ring substituents is 1. The van der Waals surface area contributed by atoms with Gasteiger partial charge in [0.1, 0.15) is 17.3 Å². The van der Waals surface area contributed by atoms with Crippen molar-refractivity contribution in [1.29, 1.82) is 0 Å². The number of rotatable bonds is 3. The second-order valence-corrected chi connectivity index (χ2v) is 4.81. The fourth-order valence-corrected chi connectivity index (χ4v) is 2.61. The van der Waals surface area contributed by atoms with Crippen LogP contribution in [0.25, 0.3) is 0 Å². The van der Waals surface area contributed by atoms with Gasteiger partial charge in [-0.3, -0.25) is 10.1 Å². The molecule has 5 nitrogen and oxygen atoms in total. The number of fused-ring (bicyclic) bond motifs is 1. The van der Waals surface area contributed by atoms with Crippen molar-refractivity contribution in [1.82, 2.24) is 0 Å². The maximum Gasteiger partial charge on any atom is 0.292 e. The Hall–Kier alpha value is -2.37. The molecule has 0 aliphatic heterocycles. The largest absolute Gasteiger partial charge is 0.469 e. The number of anilines is 1. The van der Waals surface area contributed by atoms with Crippen molar-refractivity contribution in [3.8, 4) is 0 Å². The van der Waals surface area contributed by atoms with E-state index in [0.29, 0.717) is 0 Å². The minimum absolute atomic E-state index is 0.0852. The summed E-state index contributed by atoms with van der Waals surface area (Å²) in [6, 6.07) is 5.20. The van der Waals surface area contributed by atoms with Gasteiger partial charge < -0.3 is 9.73 Å². The summed E-state index contributed by atoms with van der Waals surface area (Å²) in [6.45, 7) is 0. The molecule has 1 heterocycles. The van der Waals surface area contributed by atoms with Crippen LogP contribution in [0, 0.1) is 15.9 Å². The van der Waals surface area contributed by atoms with E-state index in [1.54, 1.807) is 6.26 Å². The monoisotopic (exact) mass is 276 g/mol. The summed E-state index contributed by atoms with van der Waals surface area (Å²) in [7, 11) is 0. The fraction of sp³-hybridized carbons (Fsp3) is 0.286. The van der Waals surface area contributed by atoms with Gasteiger partial charge in [0.25, 0.3) is 5.69 Å². The molecule has 0 saturated heterocycles. The highest BCUT2D eigenvalue weighted by Crippen LogP contribution is 2.35. The van der Waals surface area contributed by atoms with E-state index in [4.69, 9.17) is 4.42 Å². The number of nitrogens with zero attached hydrogens (tertiary/aromatic N) is 1. The molecule has 1 unspecified atom stereocenters. The summed E-state index contributed by atoms with van der Waals surface area (Å²) in [5, 5.41) is 14.1. The van der Waals surface area contributed by atoms with Crippen LogP contribution >= 0.6 is 0 Å². The van der Waals surface area contributed by atoms with Gasteiger partial charge in [0.15, 0.2) is 0 Å². The first-order valence-electron chi connectivity index (χ1n) is 6.42. The summed E-state index contributed by atoms with van der Waals surface area (Å²) in [5.41, 5.74) is 1.07. The average molecular weight is 276 g/mol. The van der Waals surface area contributed by atoms with Crippen molar-refractivity contribution < 1.29 is 13.7 Å². The van der Waals surface area contributed by atoms with Crippen LogP contribution in [0.5, 0.6) is 0 Å². The highest BCUT2D eigenvalue weighted by Gasteiger charge is 2.25. The Kier molecular flexibility index (Phi) is 3.14. The molecule has 1 aromatic carbocycles. The fourth-order valence-electron chi connectivity index (χ4n) is 2.61. The maximum absolute atomic E-state index is 13.3. The van der Waals surface area contributed by atoms with Crippen LogP contribution in [0.15, 0.2) is 34.9 Å². The summed E-state index contributed by atoms with van der Waals surface area (Å²) in [5.74, 6) is 0.397. The lowest BCUT2D eigenvalue weighted by Gasteiger charge is -2.23. The van der Waals surface area contributed by atoms with E-state index < -0.39 is 10.7 Å². The smallest absolute Gasteiger partial charge is 0.292 e. The molecule has 1 aliphatic carbocycles. The van der Waals surface area contributed by atoms with Crippen LogP contribution in [0.1, 0.15) is 30.2 Å². The number of benzene rings is 1. The number of aryl methyl sites for hydroxylation is 1. The van der Waals surface area contributed by atoms with Crippen LogP contribution in [-0.2, 0) is 6.42 Å². The minimum atomic E-state index is -0.513. The van der Waals surface area contributed by atoms with Crippen LogP contribution in [-0.4, -0.2) is 4.92 Å². The normalized spacial score (nSPS) is 17.6. The molecule has 1 aliphatic rings. The standard InChI is InChI=1S/C14H13FN2O3/c15-9-4-5-13(17(18)19)12(8-9)16-11-2-1-3-14-10(11)6-7-20-14/h4-8,11,16H,1-3H2. The zero-order valence-corrected chi connectivity index (χ0v) is 10.6. The third-order valence-corrected chi connectivity index (χ3v) is 3.54. The number of nitro groups is 1. The van der Waals surface area contributed by atoms with Gasteiger partial charge in [-0.1, -0.05) is 0 Å². The average Bonchev–Trinajstić information content (AvgIpc) is 2.88. The van der Waals surface area contributed by atoms with Gasteiger partial charge in [-0.15, -0.1) is 0 Å². The van der Waals surface area contributed by atoms with E-state index in [-0.39, 0.29) is 17.4 Å². The Labute approximate surface area is 114 Å². The SMILES string of the molecule is O=[N+]([O-])c1ccc(F)cc1NC1CCCc2occc21. The molecule has 0 bridgehead atoms. The molecule has 0 amide bonds. The van der Waals surface area contributed by atoms with Crippen molar-refractivity contribution in [2.24, 2.45) is 0 Å². The van der Waals surface area contributed by atoms with Gasteiger partial charge in [0, 0.05) is 24.1 Å². The van der Waals surface area contributed by atoms with Crippen LogP contribution < -0.4 is 5.32 Å². The predicted molar refractivity (Wildman–Crippen MR) is 71.1 cm³/mol. The number of hydrogen-bond donors (Lipinski definition) is 1. The molecule has 0 saturated carbocycles. The first-order valence-corrected chi connectivity index (χ1v) is 6.42. The number of halogens is 1. The Morgan fingerprint density at radius 3 is 3.05 bits per heavy atom. The quantitative estimate of drug-likeness (QED) is 0.683. The second kappa shape index (κ2) is 4.96. The van der Waals surface area contributed by atoms with Crippen molar-refractivity contribution in [2.75, 3.05) is 5.32 Å². The highest BCUT2D eigenvalue weighted by atomic mass is 19.1. The van der Waals surface area contributed by atoms with Gasteiger partial charge in [0.2, 0.25) is 0 Å². The van der Waals surface area contributed by atoms with Gasteiger partial charge in [-0.25, -0.2) is 4.39 Å². The maximum atomic E-state index is 13.3. The topological polar surface area (TPSA) is 68.3 Å².